The molecule has 2 heterocycles. The maximum atomic E-state index is 13.4. The van der Waals surface area contributed by atoms with E-state index in [1.807, 2.05) is 30.3 Å². The summed E-state index contributed by atoms with van der Waals surface area (Å²) in [5.41, 5.74) is 9.57. The first-order chi connectivity index (χ1) is 14.1. The van der Waals surface area contributed by atoms with E-state index in [9.17, 15) is 4.39 Å². The summed E-state index contributed by atoms with van der Waals surface area (Å²) in [5.74, 6) is 1.05. The minimum absolute atomic E-state index is 0.245. The van der Waals surface area contributed by atoms with Gasteiger partial charge in [0.05, 0.1) is 10.7 Å². The third kappa shape index (κ3) is 5.11. The molecule has 4 rings (SSSR count). The molecule has 150 valence electrons. The molecule has 1 aromatic carbocycles. The summed E-state index contributed by atoms with van der Waals surface area (Å²) >= 11 is 6.43. The summed E-state index contributed by atoms with van der Waals surface area (Å²) in [6.45, 7) is 0.492. The summed E-state index contributed by atoms with van der Waals surface area (Å²) in [6.07, 6.45) is 5.91. The van der Waals surface area contributed by atoms with Gasteiger partial charge in [0.25, 0.3) is 0 Å². The van der Waals surface area contributed by atoms with Crippen LogP contribution < -0.4 is 11.1 Å². The van der Waals surface area contributed by atoms with Crippen LogP contribution in [0.25, 0.3) is 11.3 Å². The highest BCUT2D eigenvalue weighted by molar-refractivity contribution is 6.33. The van der Waals surface area contributed by atoms with Crippen LogP contribution >= 0.6 is 11.6 Å². The normalized spacial score (nSPS) is 18.7. The molecule has 0 bridgehead atoms. The number of aromatic nitrogens is 2. The number of nitrogens with zero attached hydrogens (tertiary/aromatic N) is 2. The minimum atomic E-state index is -0.245. The Morgan fingerprint density at radius 3 is 2.79 bits per heavy atom. The number of anilines is 1. The van der Waals surface area contributed by atoms with Crippen molar-refractivity contribution in [2.75, 3.05) is 5.32 Å². The fourth-order valence-electron chi connectivity index (χ4n) is 3.91. The van der Waals surface area contributed by atoms with Crippen molar-refractivity contribution < 1.29 is 4.39 Å². The van der Waals surface area contributed by atoms with Crippen LogP contribution in [0.4, 0.5) is 10.2 Å². The first-order valence-corrected chi connectivity index (χ1v) is 10.3. The highest BCUT2D eigenvalue weighted by Gasteiger charge is 2.22. The van der Waals surface area contributed by atoms with Gasteiger partial charge in [0, 0.05) is 30.0 Å². The molecule has 0 aliphatic heterocycles. The molecule has 6 heteroatoms. The van der Waals surface area contributed by atoms with Crippen LogP contribution in [-0.4, -0.2) is 16.0 Å². The summed E-state index contributed by atoms with van der Waals surface area (Å²) < 4.78 is 13.4. The van der Waals surface area contributed by atoms with Gasteiger partial charge >= 0.3 is 0 Å². The second-order valence-electron chi connectivity index (χ2n) is 7.69. The molecule has 29 heavy (non-hydrogen) atoms. The molecule has 4 nitrogen and oxygen atoms in total. The van der Waals surface area contributed by atoms with Gasteiger partial charge in [0.1, 0.15) is 11.6 Å². The second-order valence-corrected chi connectivity index (χ2v) is 8.10. The zero-order valence-electron chi connectivity index (χ0n) is 16.1. The average Bonchev–Trinajstić information content (AvgIpc) is 3.13. The molecule has 0 amide bonds. The third-order valence-electron chi connectivity index (χ3n) is 5.38. The number of rotatable bonds is 6. The van der Waals surface area contributed by atoms with E-state index in [4.69, 9.17) is 17.3 Å². The van der Waals surface area contributed by atoms with Gasteiger partial charge in [0.2, 0.25) is 0 Å². The minimum Gasteiger partial charge on any atom is -0.366 e. The summed E-state index contributed by atoms with van der Waals surface area (Å²) in [5, 5.41) is 3.82. The number of hydrogen-bond donors (Lipinski definition) is 2. The quantitative estimate of drug-likeness (QED) is 0.584. The van der Waals surface area contributed by atoms with E-state index in [2.05, 4.69) is 15.3 Å². The lowest BCUT2D eigenvalue weighted by atomic mass is 9.99. The van der Waals surface area contributed by atoms with Crippen LogP contribution in [0.1, 0.15) is 30.5 Å². The number of nitrogens with two attached hydrogens (primary N) is 1. The van der Waals surface area contributed by atoms with E-state index in [1.54, 1.807) is 12.3 Å². The molecule has 3 N–H and O–H groups in total. The molecule has 1 aliphatic rings. The summed E-state index contributed by atoms with van der Waals surface area (Å²) in [7, 11) is 0. The van der Waals surface area contributed by atoms with Gasteiger partial charge in [-0.15, -0.1) is 0 Å². The molecular formula is C23H24ClFN4. The molecule has 0 spiro atoms. The van der Waals surface area contributed by atoms with Gasteiger partial charge in [-0.2, -0.15) is 0 Å². The lowest BCUT2D eigenvalue weighted by Gasteiger charge is -2.12. The van der Waals surface area contributed by atoms with Crippen molar-refractivity contribution >= 4 is 17.4 Å². The molecular weight excluding hydrogens is 387 g/mol. The maximum Gasteiger partial charge on any atom is 0.126 e. The van der Waals surface area contributed by atoms with E-state index in [0.717, 1.165) is 48.2 Å². The van der Waals surface area contributed by atoms with E-state index < -0.39 is 0 Å². The van der Waals surface area contributed by atoms with E-state index >= 15 is 0 Å². The first-order valence-electron chi connectivity index (χ1n) is 9.92. The molecule has 0 radical (unpaired) electrons. The lowest BCUT2D eigenvalue weighted by molar-refractivity contribution is 0.528. The van der Waals surface area contributed by atoms with E-state index in [1.165, 1.54) is 12.1 Å². The van der Waals surface area contributed by atoms with Gasteiger partial charge in [0.15, 0.2) is 0 Å². The fraction of sp³-hybridized carbons (Fsp3) is 0.304. The smallest absolute Gasteiger partial charge is 0.126 e. The number of benzene rings is 1. The Bertz CT molecular complexity index is 994. The van der Waals surface area contributed by atoms with Crippen molar-refractivity contribution in [3.8, 4) is 11.3 Å². The van der Waals surface area contributed by atoms with Crippen molar-refractivity contribution in [3.05, 3.63) is 76.8 Å². The van der Waals surface area contributed by atoms with Gasteiger partial charge in [-0.05, 0) is 67.5 Å². The highest BCUT2D eigenvalue weighted by Crippen LogP contribution is 2.31. The summed E-state index contributed by atoms with van der Waals surface area (Å²) in [6, 6.07) is 14.6. The SMILES string of the molecule is N[C@H]1CC[C@H](Cc2cc(-c3cccc(NCc4cccc(F)c4)n3)c(Cl)cn2)C1. The van der Waals surface area contributed by atoms with Gasteiger partial charge in [-0.3, -0.25) is 4.98 Å². The van der Waals surface area contributed by atoms with Crippen LogP contribution in [0.5, 0.6) is 0 Å². The van der Waals surface area contributed by atoms with E-state index in [-0.39, 0.29) is 5.82 Å². The molecule has 0 saturated heterocycles. The zero-order valence-corrected chi connectivity index (χ0v) is 16.9. The molecule has 1 aliphatic carbocycles. The fourth-order valence-corrected chi connectivity index (χ4v) is 4.11. The Kier molecular flexibility index (Phi) is 6.07. The van der Waals surface area contributed by atoms with Gasteiger partial charge < -0.3 is 11.1 Å². The summed E-state index contributed by atoms with van der Waals surface area (Å²) in [4.78, 5) is 9.20. The molecule has 1 saturated carbocycles. The van der Waals surface area contributed by atoms with Crippen LogP contribution in [0.2, 0.25) is 5.02 Å². The Morgan fingerprint density at radius 1 is 1.14 bits per heavy atom. The molecule has 3 aromatic rings. The number of pyridine rings is 2. The first kappa shape index (κ1) is 19.8. The number of nitrogens with one attached hydrogen (secondary N) is 1. The Hall–Kier alpha value is -2.50. The number of hydrogen-bond acceptors (Lipinski definition) is 4. The molecule has 1 fully saturated rings. The zero-order chi connectivity index (χ0) is 20.2. The van der Waals surface area contributed by atoms with Crippen molar-refractivity contribution in [3.63, 3.8) is 0 Å². The topological polar surface area (TPSA) is 63.8 Å². The molecule has 0 unspecified atom stereocenters. The standard InChI is InChI=1S/C23H24ClFN4/c24-21-14-27-19(11-15-7-8-18(26)10-15)12-20(21)22-5-2-6-23(29-22)28-13-16-3-1-4-17(25)9-16/h1-6,9,12,14-15,18H,7-8,10-11,13,26H2,(H,28,29)/t15-,18-/m0/s1. The van der Waals surface area contributed by atoms with Crippen LogP contribution in [0, 0.1) is 11.7 Å². The van der Waals surface area contributed by atoms with Gasteiger partial charge in [-0.25, -0.2) is 9.37 Å². The van der Waals surface area contributed by atoms with Crippen molar-refractivity contribution in [2.45, 2.75) is 38.3 Å². The Morgan fingerprint density at radius 2 is 2.00 bits per heavy atom. The van der Waals surface area contributed by atoms with Crippen molar-refractivity contribution in [1.29, 1.82) is 0 Å². The molecule has 2 aromatic heterocycles. The average molecular weight is 411 g/mol. The van der Waals surface area contributed by atoms with Crippen LogP contribution in [0.15, 0.2) is 54.7 Å². The van der Waals surface area contributed by atoms with Gasteiger partial charge in [-0.1, -0.05) is 29.8 Å². The van der Waals surface area contributed by atoms with Crippen LogP contribution in [-0.2, 0) is 13.0 Å². The molecule has 2 atom stereocenters. The number of halogens is 2. The predicted molar refractivity (Wildman–Crippen MR) is 115 cm³/mol. The highest BCUT2D eigenvalue weighted by atomic mass is 35.5. The van der Waals surface area contributed by atoms with Crippen LogP contribution in [0.3, 0.4) is 0 Å². The third-order valence-corrected chi connectivity index (χ3v) is 5.68. The monoisotopic (exact) mass is 410 g/mol. The largest absolute Gasteiger partial charge is 0.366 e. The lowest BCUT2D eigenvalue weighted by Crippen LogP contribution is -2.15. The Balaban J connectivity index is 1.50. The van der Waals surface area contributed by atoms with Crippen molar-refractivity contribution in [2.24, 2.45) is 11.7 Å². The van der Waals surface area contributed by atoms with Crippen molar-refractivity contribution in [1.82, 2.24) is 9.97 Å². The predicted octanol–water partition coefficient (Wildman–Crippen LogP) is 5.22. The Labute approximate surface area is 175 Å². The van der Waals surface area contributed by atoms with E-state index in [0.29, 0.717) is 29.3 Å². The maximum absolute atomic E-state index is 13.4. The second kappa shape index (κ2) is 8.89.